The summed E-state index contributed by atoms with van der Waals surface area (Å²) in [6.45, 7) is 2.69. The Balaban J connectivity index is 1.36. The Morgan fingerprint density at radius 1 is 1.07 bits per heavy atom. The molecule has 6 nitrogen and oxygen atoms in total. The molecule has 6 heteroatoms. The van der Waals surface area contributed by atoms with Gasteiger partial charge in [-0.3, -0.25) is 9.59 Å². The molecule has 0 unspecified atom stereocenters. The third-order valence-corrected chi connectivity index (χ3v) is 5.92. The fourth-order valence-corrected chi connectivity index (χ4v) is 4.06. The van der Waals surface area contributed by atoms with Crippen LogP contribution in [-0.4, -0.2) is 55.2 Å². The standard InChI is InChI=1S/C24H28N2O4/c27-22-11-17-30-24(18-25-22)12-14-26(15-13-24)23(28)20-8-4-5-9-21(20)29-16-10-19-6-2-1-3-7-19/h1-9H,10-18H2,(H,25,27). The van der Waals surface area contributed by atoms with Crippen molar-refractivity contribution >= 4 is 11.8 Å². The molecule has 0 atom stereocenters. The molecule has 158 valence electrons. The number of likely N-dealkylation sites (tertiary alicyclic amines) is 1. The van der Waals surface area contributed by atoms with Gasteiger partial charge in [-0.2, -0.15) is 0 Å². The third kappa shape index (κ3) is 4.82. The van der Waals surface area contributed by atoms with Crippen molar-refractivity contribution in [3.05, 3.63) is 65.7 Å². The molecule has 0 aromatic heterocycles. The Kier molecular flexibility index (Phi) is 6.33. The molecule has 30 heavy (non-hydrogen) atoms. The Morgan fingerprint density at radius 3 is 2.60 bits per heavy atom. The summed E-state index contributed by atoms with van der Waals surface area (Å²) in [6.07, 6.45) is 2.63. The molecule has 2 saturated heterocycles. The van der Waals surface area contributed by atoms with Crippen LogP contribution in [0.3, 0.4) is 0 Å². The first-order valence-corrected chi connectivity index (χ1v) is 10.6. The minimum atomic E-state index is -0.353. The molecule has 0 saturated carbocycles. The molecule has 2 amide bonds. The molecule has 4 rings (SSSR count). The molecule has 0 bridgehead atoms. The van der Waals surface area contributed by atoms with Crippen molar-refractivity contribution in [1.82, 2.24) is 10.2 Å². The maximum atomic E-state index is 13.2. The van der Waals surface area contributed by atoms with E-state index in [4.69, 9.17) is 9.47 Å². The number of piperidine rings is 1. The van der Waals surface area contributed by atoms with Crippen LogP contribution in [0.15, 0.2) is 54.6 Å². The van der Waals surface area contributed by atoms with Gasteiger partial charge in [-0.05, 0) is 30.5 Å². The maximum absolute atomic E-state index is 13.2. The van der Waals surface area contributed by atoms with Gasteiger partial charge in [0.1, 0.15) is 5.75 Å². The topological polar surface area (TPSA) is 67.9 Å². The van der Waals surface area contributed by atoms with E-state index in [-0.39, 0.29) is 17.4 Å². The first-order valence-electron chi connectivity index (χ1n) is 10.6. The van der Waals surface area contributed by atoms with E-state index in [2.05, 4.69) is 17.4 Å². The number of para-hydroxylation sites is 1. The first kappa shape index (κ1) is 20.4. The summed E-state index contributed by atoms with van der Waals surface area (Å²) in [5.74, 6) is 0.640. The lowest BCUT2D eigenvalue weighted by molar-refractivity contribution is -0.120. The van der Waals surface area contributed by atoms with Gasteiger partial charge in [-0.1, -0.05) is 42.5 Å². The zero-order chi connectivity index (χ0) is 20.8. The summed E-state index contributed by atoms with van der Waals surface area (Å²) < 4.78 is 12.0. The number of carbonyl (C=O) groups excluding carboxylic acids is 2. The Labute approximate surface area is 177 Å². The van der Waals surface area contributed by atoms with Crippen LogP contribution >= 0.6 is 0 Å². The minimum Gasteiger partial charge on any atom is -0.492 e. The number of carbonyl (C=O) groups is 2. The highest BCUT2D eigenvalue weighted by Crippen LogP contribution is 2.29. The zero-order valence-electron chi connectivity index (χ0n) is 17.1. The van der Waals surface area contributed by atoms with Crippen molar-refractivity contribution in [2.45, 2.75) is 31.3 Å². The van der Waals surface area contributed by atoms with Gasteiger partial charge < -0.3 is 19.7 Å². The average Bonchev–Trinajstić information content (AvgIpc) is 2.96. The highest BCUT2D eigenvalue weighted by molar-refractivity contribution is 5.97. The number of amides is 2. The number of benzene rings is 2. The summed E-state index contributed by atoms with van der Waals surface area (Å²) in [5, 5.41) is 2.94. The second-order valence-corrected chi connectivity index (χ2v) is 7.93. The monoisotopic (exact) mass is 408 g/mol. The Morgan fingerprint density at radius 2 is 1.80 bits per heavy atom. The predicted molar refractivity (Wildman–Crippen MR) is 114 cm³/mol. The van der Waals surface area contributed by atoms with E-state index in [9.17, 15) is 9.59 Å². The van der Waals surface area contributed by atoms with Crippen LogP contribution in [0.2, 0.25) is 0 Å². The molecule has 2 aromatic carbocycles. The summed E-state index contributed by atoms with van der Waals surface area (Å²) in [4.78, 5) is 26.7. The summed E-state index contributed by atoms with van der Waals surface area (Å²) in [5.41, 5.74) is 1.45. The van der Waals surface area contributed by atoms with Gasteiger partial charge in [0.15, 0.2) is 0 Å². The lowest BCUT2D eigenvalue weighted by Crippen LogP contribution is -2.52. The van der Waals surface area contributed by atoms with E-state index in [1.165, 1.54) is 5.56 Å². The average molecular weight is 408 g/mol. The Hall–Kier alpha value is -2.86. The van der Waals surface area contributed by atoms with Crippen molar-refractivity contribution < 1.29 is 19.1 Å². The van der Waals surface area contributed by atoms with Gasteiger partial charge in [0.25, 0.3) is 5.91 Å². The quantitative estimate of drug-likeness (QED) is 0.826. The van der Waals surface area contributed by atoms with Gasteiger partial charge in [-0.25, -0.2) is 0 Å². The van der Waals surface area contributed by atoms with Gasteiger partial charge in [0, 0.05) is 32.5 Å². The van der Waals surface area contributed by atoms with Crippen LogP contribution < -0.4 is 10.1 Å². The summed E-state index contributed by atoms with van der Waals surface area (Å²) in [6, 6.07) is 17.6. The smallest absolute Gasteiger partial charge is 0.257 e. The van der Waals surface area contributed by atoms with E-state index in [1.54, 1.807) is 0 Å². The van der Waals surface area contributed by atoms with E-state index >= 15 is 0 Å². The fourth-order valence-electron chi connectivity index (χ4n) is 4.06. The van der Waals surface area contributed by atoms with Crippen molar-refractivity contribution in [3.8, 4) is 5.75 Å². The molecule has 1 spiro atoms. The lowest BCUT2D eigenvalue weighted by Gasteiger charge is -2.40. The molecular weight excluding hydrogens is 380 g/mol. The van der Waals surface area contributed by atoms with Crippen LogP contribution in [0, 0.1) is 0 Å². The highest BCUT2D eigenvalue weighted by atomic mass is 16.5. The van der Waals surface area contributed by atoms with E-state index < -0.39 is 0 Å². The molecule has 0 radical (unpaired) electrons. The summed E-state index contributed by atoms with van der Waals surface area (Å²) in [7, 11) is 0. The SMILES string of the molecule is O=C1CCOC2(CCN(C(=O)c3ccccc3OCCc3ccccc3)CC2)CN1. The maximum Gasteiger partial charge on any atom is 0.257 e. The van der Waals surface area contributed by atoms with Crippen LogP contribution in [0.5, 0.6) is 5.75 Å². The van der Waals surface area contributed by atoms with Gasteiger partial charge in [0.2, 0.25) is 5.91 Å². The first-order chi connectivity index (χ1) is 14.7. The van der Waals surface area contributed by atoms with Crippen LogP contribution in [0.4, 0.5) is 0 Å². The largest absolute Gasteiger partial charge is 0.492 e. The normalized spacial score (nSPS) is 18.5. The van der Waals surface area contributed by atoms with E-state index in [0.29, 0.717) is 50.6 Å². The second-order valence-electron chi connectivity index (χ2n) is 7.93. The van der Waals surface area contributed by atoms with Gasteiger partial charge in [-0.15, -0.1) is 0 Å². The van der Waals surface area contributed by atoms with Crippen LogP contribution in [-0.2, 0) is 16.0 Å². The number of nitrogens with one attached hydrogen (secondary N) is 1. The van der Waals surface area contributed by atoms with Crippen molar-refractivity contribution in [3.63, 3.8) is 0 Å². The molecule has 1 N–H and O–H groups in total. The number of nitrogens with zero attached hydrogens (tertiary/aromatic N) is 1. The van der Waals surface area contributed by atoms with Crippen molar-refractivity contribution in [2.24, 2.45) is 0 Å². The van der Waals surface area contributed by atoms with Crippen molar-refractivity contribution in [1.29, 1.82) is 0 Å². The molecule has 0 aliphatic carbocycles. The minimum absolute atomic E-state index is 0.0159. The summed E-state index contributed by atoms with van der Waals surface area (Å²) >= 11 is 0. The second kappa shape index (κ2) is 9.30. The lowest BCUT2D eigenvalue weighted by atomic mass is 9.90. The number of rotatable bonds is 5. The molecule has 2 fully saturated rings. The number of hydrogen-bond donors (Lipinski definition) is 1. The molecule has 2 aliphatic heterocycles. The molecule has 2 heterocycles. The Bertz CT molecular complexity index is 876. The van der Waals surface area contributed by atoms with E-state index in [0.717, 1.165) is 19.3 Å². The van der Waals surface area contributed by atoms with Crippen LogP contribution in [0.1, 0.15) is 35.2 Å². The van der Waals surface area contributed by atoms with Gasteiger partial charge >= 0.3 is 0 Å². The zero-order valence-corrected chi connectivity index (χ0v) is 17.1. The highest BCUT2D eigenvalue weighted by Gasteiger charge is 2.39. The van der Waals surface area contributed by atoms with E-state index in [1.807, 2.05) is 47.4 Å². The predicted octanol–water partition coefficient (Wildman–Crippen LogP) is 2.82. The number of hydrogen-bond acceptors (Lipinski definition) is 4. The van der Waals surface area contributed by atoms with Crippen molar-refractivity contribution in [2.75, 3.05) is 32.8 Å². The fraction of sp³-hybridized carbons (Fsp3) is 0.417. The number of ether oxygens (including phenoxy) is 2. The molecular formula is C24H28N2O4. The molecule has 2 aromatic rings. The van der Waals surface area contributed by atoms with Gasteiger partial charge in [0.05, 0.1) is 24.4 Å². The molecule has 2 aliphatic rings. The van der Waals surface area contributed by atoms with Crippen LogP contribution in [0.25, 0.3) is 0 Å². The third-order valence-electron chi connectivity index (χ3n) is 5.92.